The van der Waals surface area contributed by atoms with Crippen molar-refractivity contribution in [2.75, 3.05) is 16.1 Å². The fraction of sp³-hybridized carbons (Fsp3) is 0.129. The molecule has 252 valence electrons. The summed E-state index contributed by atoms with van der Waals surface area (Å²) in [5.74, 6) is -0.580. The maximum Gasteiger partial charge on any atom is 0.255 e. The average Bonchev–Trinajstić information content (AvgIpc) is 3.59. The molecule has 0 fully saturated rings. The molecule has 0 aliphatic carbocycles. The van der Waals surface area contributed by atoms with Crippen LogP contribution in [0.25, 0.3) is 20.8 Å². The molecule has 1 aliphatic heterocycles. The Morgan fingerprint density at radius 2 is 1.71 bits per heavy atom. The third-order valence-electron chi connectivity index (χ3n) is 7.49. The van der Waals surface area contributed by atoms with Crippen molar-refractivity contribution < 1.29 is 35.8 Å². The number of rotatable bonds is 8. The van der Waals surface area contributed by atoms with E-state index in [1.807, 2.05) is 0 Å². The van der Waals surface area contributed by atoms with Gasteiger partial charge in [-0.05, 0) is 86.1 Å². The van der Waals surface area contributed by atoms with E-state index in [1.54, 1.807) is 56.3 Å². The molecule has 1 amide bonds. The van der Waals surface area contributed by atoms with Gasteiger partial charge in [0.05, 0.1) is 31.4 Å². The summed E-state index contributed by atoms with van der Waals surface area (Å²) >= 11 is 1.07. The maximum atomic E-state index is 12.6. The highest BCUT2D eigenvalue weighted by Gasteiger charge is 2.35. The van der Waals surface area contributed by atoms with Gasteiger partial charge in [0.1, 0.15) is 30.9 Å². The number of nitrogens with two attached hydrogens (primary N) is 1. The normalized spacial score (nSPS) is 16.8. The smallest absolute Gasteiger partial charge is 0.255 e. The van der Waals surface area contributed by atoms with Crippen LogP contribution < -0.4 is 16.1 Å². The van der Waals surface area contributed by atoms with E-state index in [-0.39, 0.29) is 26.5 Å². The van der Waals surface area contributed by atoms with Gasteiger partial charge in [-0.25, -0.2) is 26.8 Å². The summed E-state index contributed by atoms with van der Waals surface area (Å²) in [6, 6.07) is 18.5. The number of aliphatic hydroxyl groups excluding tert-OH is 1. The van der Waals surface area contributed by atoms with E-state index in [4.69, 9.17) is 5.73 Å². The summed E-state index contributed by atoms with van der Waals surface area (Å²) in [7, 11) is -9.79. The zero-order valence-corrected chi connectivity index (χ0v) is 28.0. The molecule has 49 heavy (non-hydrogen) atoms. The first-order valence-corrected chi connectivity index (χ1v) is 17.9. The first kappa shape index (κ1) is 33.8. The quantitative estimate of drug-likeness (QED) is 0.114. The summed E-state index contributed by atoms with van der Waals surface area (Å²) in [6.07, 6.45) is -1.35. The molecule has 18 heteroatoms. The summed E-state index contributed by atoms with van der Waals surface area (Å²) in [4.78, 5) is 16.1. The lowest BCUT2D eigenvalue weighted by atomic mass is 10.1. The minimum Gasteiger partial charge on any atom is -0.744 e. The van der Waals surface area contributed by atoms with E-state index in [2.05, 4.69) is 25.6 Å². The largest absolute Gasteiger partial charge is 0.744 e. The van der Waals surface area contributed by atoms with Crippen molar-refractivity contribution in [1.82, 2.24) is 4.98 Å². The second-order valence-corrected chi connectivity index (χ2v) is 14.6. The molecule has 0 saturated heterocycles. The van der Waals surface area contributed by atoms with Gasteiger partial charge in [-0.3, -0.25) is 4.79 Å². The molecule has 5 aromatic rings. The Hall–Kier alpha value is -5.11. The van der Waals surface area contributed by atoms with Crippen molar-refractivity contribution in [1.29, 1.82) is 0 Å². The number of anilines is 3. The molecule has 2 unspecified atom stereocenters. The summed E-state index contributed by atoms with van der Waals surface area (Å²) in [5, 5.41) is 27.8. The van der Waals surface area contributed by atoms with E-state index >= 15 is 0 Å². The molecule has 15 nitrogen and oxygen atoms in total. The van der Waals surface area contributed by atoms with Gasteiger partial charge in [-0.2, -0.15) is 15.3 Å². The van der Waals surface area contributed by atoms with Crippen molar-refractivity contribution in [3.8, 4) is 10.6 Å². The number of carbonyl (C=O) groups excluding carboxylic acids is 1. The monoisotopic (exact) mass is 719 g/mol. The van der Waals surface area contributed by atoms with Gasteiger partial charge in [-0.15, -0.1) is 11.3 Å². The van der Waals surface area contributed by atoms with Gasteiger partial charge >= 0.3 is 0 Å². The van der Waals surface area contributed by atoms with E-state index in [0.717, 1.165) is 17.4 Å². The van der Waals surface area contributed by atoms with Crippen molar-refractivity contribution in [2.45, 2.75) is 35.9 Å². The predicted molar refractivity (Wildman–Crippen MR) is 181 cm³/mol. The molecule has 0 saturated carbocycles. The molecule has 4 N–H and O–H groups in total. The Labute approximate surface area is 284 Å². The highest BCUT2D eigenvalue weighted by molar-refractivity contribution is 7.86. The number of hydrogen-bond donors (Lipinski definition) is 3. The summed E-state index contributed by atoms with van der Waals surface area (Å²) < 4.78 is 72.3. The van der Waals surface area contributed by atoms with Crippen LogP contribution in [-0.2, 0) is 20.2 Å². The number of fused-ring (bicyclic) bond motifs is 1. The SMILES string of the molecule is CC1=NN(c2ccc(-c3nc4ccc(C)c(S(=O)(=O)[O-])c4s3)cc2)C(O)C1N=Nc1ccc(NC(=O)c2cccc(N)c2)cc1S(=O)(=O)[O-]. The highest BCUT2D eigenvalue weighted by Crippen LogP contribution is 2.37. The molecule has 0 bridgehead atoms. The minimum absolute atomic E-state index is 0.0194. The maximum absolute atomic E-state index is 12.6. The molecular weight excluding hydrogens is 695 g/mol. The standard InChI is InChI=1S/C31H27N7O8S3/c1-16-6-12-24-27(28(16)49(44,45)46)47-30(34-24)18-7-10-22(11-8-18)38-31(40)26(17(2)37-38)36-35-23-13-9-21(15-25(23)48(41,42)43)33-29(39)19-4-3-5-20(32)14-19/h3-15,26,31,40H,32H2,1-2H3,(H,33,39)(H,41,42,43)(H,44,45,46)/p-2. The number of carbonyl (C=O) groups is 1. The molecule has 1 aliphatic rings. The zero-order valence-electron chi connectivity index (χ0n) is 25.5. The number of thiazole rings is 1. The second kappa shape index (κ2) is 12.7. The summed E-state index contributed by atoms with van der Waals surface area (Å²) in [5.41, 5.74) is 8.13. The lowest BCUT2D eigenvalue weighted by Gasteiger charge is -2.21. The predicted octanol–water partition coefficient (Wildman–Crippen LogP) is 4.58. The van der Waals surface area contributed by atoms with Crippen LogP contribution in [0.5, 0.6) is 0 Å². The third-order valence-corrected chi connectivity index (χ3v) is 10.6. The first-order valence-electron chi connectivity index (χ1n) is 14.3. The fourth-order valence-corrected chi connectivity index (χ4v) is 8.06. The summed E-state index contributed by atoms with van der Waals surface area (Å²) in [6.45, 7) is 3.13. The lowest BCUT2D eigenvalue weighted by Crippen LogP contribution is -2.35. The van der Waals surface area contributed by atoms with Crippen LogP contribution in [0.15, 0.2) is 104 Å². The zero-order chi connectivity index (χ0) is 35.2. The Morgan fingerprint density at radius 3 is 2.39 bits per heavy atom. The van der Waals surface area contributed by atoms with Gasteiger partial charge in [0.2, 0.25) is 0 Å². The van der Waals surface area contributed by atoms with Gasteiger partial charge in [0, 0.05) is 22.5 Å². The van der Waals surface area contributed by atoms with E-state index in [9.17, 15) is 35.8 Å². The number of benzene rings is 4. The first-order chi connectivity index (χ1) is 23.1. The van der Waals surface area contributed by atoms with Crippen LogP contribution in [-0.4, -0.2) is 59.9 Å². The molecule has 4 aromatic carbocycles. The Morgan fingerprint density at radius 1 is 0.980 bits per heavy atom. The van der Waals surface area contributed by atoms with Crippen LogP contribution in [0.2, 0.25) is 0 Å². The number of azo groups is 1. The number of nitrogen functional groups attached to an aromatic ring is 1. The molecule has 2 atom stereocenters. The Balaban J connectivity index is 1.21. The van der Waals surface area contributed by atoms with Gasteiger partial charge in [0.25, 0.3) is 5.91 Å². The van der Waals surface area contributed by atoms with Gasteiger partial charge < -0.3 is 25.3 Å². The van der Waals surface area contributed by atoms with Crippen LogP contribution >= 0.6 is 11.3 Å². The van der Waals surface area contributed by atoms with Crippen LogP contribution in [0.1, 0.15) is 22.8 Å². The molecular formula is C31H25N7O8S3-2. The van der Waals surface area contributed by atoms with Crippen molar-refractivity contribution in [3.63, 3.8) is 0 Å². The number of aryl methyl sites for hydroxylation is 1. The van der Waals surface area contributed by atoms with Crippen molar-refractivity contribution >= 4 is 76.2 Å². The number of aromatic nitrogens is 1. The number of aliphatic hydroxyl groups is 1. The number of nitrogens with zero attached hydrogens (tertiary/aromatic N) is 5. The number of amides is 1. The lowest BCUT2D eigenvalue weighted by molar-refractivity contribution is 0.102. The van der Waals surface area contributed by atoms with Crippen molar-refractivity contribution in [3.05, 3.63) is 90.0 Å². The Bertz CT molecular complexity index is 2410. The molecule has 1 aromatic heterocycles. The van der Waals surface area contributed by atoms with Crippen LogP contribution in [0.3, 0.4) is 0 Å². The number of hydrazone groups is 1. The minimum atomic E-state index is -5.07. The number of nitrogens with one attached hydrogen (secondary N) is 1. The topological polar surface area (TPSA) is 243 Å². The van der Waals surface area contributed by atoms with Crippen LogP contribution in [0.4, 0.5) is 22.7 Å². The third kappa shape index (κ3) is 6.91. The molecule has 0 radical (unpaired) electrons. The highest BCUT2D eigenvalue weighted by atomic mass is 32.2. The van der Waals surface area contributed by atoms with E-state index < -0.39 is 43.3 Å². The van der Waals surface area contributed by atoms with E-state index in [0.29, 0.717) is 38.7 Å². The van der Waals surface area contributed by atoms with Crippen molar-refractivity contribution in [2.24, 2.45) is 15.3 Å². The number of hydrogen-bond acceptors (Lipinski definition) is 15. The average molecular weight is 720 g/mol. The van der Waals surface area contributed by atoms with Gasteiger partial charge in [-0.1, -0.05) is 12.1 Å². The molecule has 2 heterocycles. The fourth-order valence-electron chi connectivity index (χ4n) is 5.13. The van der Waals surface area contributed by atoms with Gasteiger partial charge in [0.15, 0.2) is 12.3 Å². The van der Waals surface area contributed by atoms with E-state index in [1.165, 1.54) is 35.3 Å². The van der Waals surface area contributed by atoms with Crippen LogP contribution in [0, 0.1) is 6.92 Å². The molecule has 0 spiro atoms. The molecule has 6 rings (SSSR count). The Kier molecular flexibility index (Phi) is 8.78. The second-order valence-electron chi connectivity index (χ2n) is 11.0.